The number of β-amino-alcohol motifs (C(OH)–C–C–N with tert-alkyl or cyclic N) is 2. The highest BCUT2D eigenvalue weighted by Gasteiger charge is 2.29. The van der Waals surface area contributed by atoms with Gasteiger partial charge < -0.3 is 15.9 Å². The van der Waals surface area contributed by atoms with E-state index < -0.39 is 18.0 Å². The number of aliphatic hydroxyl groups excluding tert-OH is 2. The molecule has 2 unspecified atom stereocenters. The van der Waals surface area contributed by atoms with Crippen molar-refractivity contribution in [2.24, 2.45) is 5.73 Å². The van der Waals surface area contributed by atoms with Gasteiger partial charge >= 0.3 is 0 Å². The smallest absolute Gasteiger partial charge is 0.133 e. The van der Waals surface area contributed by atoms with Crippen LogP contribution in [0.15, 0.2) is 18.2 Å². The number of nitrogens with zero attached hydrogens (tertiary/aromatic N) is 1. The SMILES string of the molecule is NC(=S)c1cc(CN2CC(O)C(O)C2)ccc1F. The molecule has 1 heterocycles. The van der Waals surface area contributed by atoms with Gasteiger partial charge in [-0.2, -0.15) is 0 Å². The standard InChI is InChI=1S/C12H15FN2O2S/c13-9-2-1-7(3-8(9)12(14)18)4-15-5-10(16)11(17)6-15/h1-3,10-11,16-17H,4-6H2,(H2,14,18). The first-order valence-corrected chi connectivity index (χ1v) is 6.05. The molecule has 18 heavy (non-hydrogen) atoms. The van der Waals surface area contributed by atoms with Crippen molar-refractivity contribution in [1.29, 1.82) is 0 Å². The van der Waals surface area contributed by atoms with E-state index in [-0.39, 0.29) is 10.6 Å². The van der Waals surface area contributed by atoms with Gasteiger partial charge in [0.2, 0.25) is 0 Å². The fourth-order valence-electron chi connectivity index (χ4n) is 2.09. The molecule has 0 spiro atoms. The molecule has 0 bridgehead atoms. The van der Waals surface area contributed by atoms with E-state index in [4.69, 9.17) is 18.0 Å². The number of likely N-dealkylation sites (tertiary alicyclic amines) is 1. The van der Waals surface area contributed by atoms with Crippen LogP contribution in [0.5, 0.6) is 0 Å². The van der Waals surface area contributed by atoms with Crippen molar-refractivity contribution in [2.75, 3.05) is 13.1 Å². The summed E-state index contributed by atoms with van der Waals surface area (Å²) in [7, 11) is 0. The number of hydrogen-bond acceptors (Lipinski definition) is 4. The summed E-state index contributed by atoms with van der Waals surface area (Å²) >= 11 is 4.77. The molecule has 0 saturated carbocycles. The minimum Gasteiger partial charge on any atom is -0.389 e. The third-order valence-corrected chi connectivity index (χ3v) is 3.26. The highest BCUT2D eigenvalue weighted by molar-refractivity contribution is 7.80. The fourth-order valence-corrected chi connectivity index (χ4v) is 2.25. The van der Waals surface area contributed by atoms with E-state index >= 15 is 0 Å². The Balaban J connectivity index is 2.11. The molecule has 0 amide bonds. The summed E-state index contributed by atoms with van der Waals surface area (Å²) in [6, 6.07) is 4.58. The Morgan fingerprint density at radius 2 is 2.00 bits per heavy atom. The molecular formula is C12H15FN2O2S. The molecule has 1 fully saturated rings. The summed E-state index contributed by atoms with van der Waals surface area (Å²) in [6.07, 6.45) is -1.44. The molecule has 1 aromatic carbocycles. The predicted molar refractivity (Wildman–Crippen MR) is 69.6 cm³/mol. The molecule has 2 atom stereocenters. The Hall–Kier alpha value is -1.08. The monoisotopic (exact) mass is 270 g/mol. The molecule has 6 heteroatoms. The number of halogens is 1. The number of benzene rings is 1. The quantitative estimate of drug-likeness (QED) is 0.674. The van der Waals surface area contributed by atoms with E-state index in [1.165, 1.54) is 6.07 Å². The first-order chi connectivity index (χ1) is 8.47. The van der Waals surface area contributed by atoms with E-state index in [9.17, 15) is 14.6 Å². The maximum absolute atomic E-state index is 13.4. The van der Waals surface area contributed by atoms with Crippen LogP contribution in [-0.4, -0.2) is 45.4 Å². The second kappa shape index (κ2) is 5.27. The van der Waals surface area contributed by atoms with Crippen molar-refractivity contribution >= 4 is 17.2 Å². The highest BCUT2D eigenvalue weighted by Crippen LogP contribution is 2.16. The van der Waals surface area contributed by atoms with Crippen LogP contribution in [0, 0.1) is 5.82 Å². The third-order valence-electron chi connectivity index (χ3n) is 3.04. The van der Waals surface area contributed by atoms with Crippen LogP contribution in [0.3, 0.4) is 0 Å². The van der Waals surface area contributed by atoms with Gasteiger partial charge in [-0.3, -0.25) is 4.90 Å². The van der Waals surface area contributed by atoms with Crippen molar-refractivity contribution < 1.29 is 14.6 Å². The van der Waals surface area contributed by atoms with E-state index in [0.29, 0.717) is 19.6 Å². The zero-order chi connectivity index (χ0) is 13.3. The predicted octanol–water partition coefficient (Wildman–Crippen LogP) is -0.00270. The molecule has 98 valence electrons. The first-order valence-electron chi connectivity index (χ1n) is 5.64. The summed E-state index contributed by atoms with van der Waals surface area (Å²) in [4.78, 5) is 1.92. The van der Waals surface area contributed by atoms with Crippen LogP contribution >= 0.6 is 12.2 Å². The van der Waals surface area contributed by atoms with Crippen molar-refractivity contribution in [2.45, 2.75) is 18.8 Å². The summed E-state index contributed by atoms with van der Waals surface area (Å²) in [5, 5.41) is 18.9. The lowest BCUT2D eigenvalue weighted by molar-refractivity contribution is 0.0572. The number of hydrogen-bond donors (Lipinski definition) is 3. The molecule has 0 aliphatic carbocycles. The first kappa shape index (κ1) is 13.4. The van der Waals surface area contributed by atoms with Crippen molar-refractivity contribution in [1.82, 2.24) is 4.90 Å². The Morgan fingerprint density at radius 1 is 1.39 bits per heavy atom. The van der Waals surface area contributed by atoms with Gasteiger partial charge in [-0.05, 0) is 17.7 Å². The number of aliphatic hydroxyl groups is 2. The molecule has 2 rings (SSSR count). The Labute approximate surface area is 110 Å². The summed E-state index contributed by atoms with van der Waals surface area (Å²) < 4.78 is 13.4. The van der Waals surface area contributed by atoms with Crippen LogP contribution < -0.4 is 5.73 Å². The second-order valence-corrected chi connectivity index (χ2v) is 4.95. The Kier molecular flexibility index (Phi) is 3.91. The molecule has 1 aromatic rings. The Morgan fingerprint density at radius 3 is 2.56 bits per heavy atom. The minimum atomic E-state index is -0.722. The maximum atomic E-state index is 13.4. The maximum Gasteiger partial charge on any atom is 0.133 e. The van der Waals surface area contributed by atoms with Gasteiger partial charge in [0.05, 0.1) is 12.2 Å². The molecular weight excluding hydrogens is 255 g/mol. The molecule has 4 N–H and O–H groups in total. The zero-order valence-corrected chi connectivity index (χ0v) is 10.5. The van der Waals surface area contributed by atoms with Gasteiger partial charge in [0.1, 0.15) is 10.8 Å². The number of nitrogens with two attached hydrogens (primary N) is 1. The molecule has 4 nitrogen and oxygen atoms in total. The van der Waals surface area contributed by atoms with E-state index in [1.54, 1.807) is 12.1 Å². The van der Waals surface area contributed by atoms with Gasteiger partial charge in [-0.15, -0.1) is 0 Å². The average Bonchev–Trinajstić information content (AvgIpc) is 2.60. The van der Waals surface area contributed by atoms with Crippen LogP contribution in [0.1, 0.15) is 11.1 Å². The normalized spacial score (nSPS) is 24.4. The van der Waals surface area contributed by atoms with Crippen LogP contribution in [0.4, 0.5) is 4.39 Å². The number of rotatable bonds is 3. The van der Waals surface area contributed by atoms with Gasteiger partial charge in [0.25, 0.3) is 0 Å². The van der Waals surface area contributed by atoms with Gasteiger partial charge in [0, 0.05) is 25.2 Å². The largest absolute Gasteiger partial charge is 0.389 e. The molecule has 1 saturated heterocycles. The van der Waals surface area contributed by atoms with E-state index in [0.717, 1.165) is 5.56 Å². The van der Waals surface area contributed by atoms with Gasteiger partial charge in [0.15, 0.2) is 0 Å². The zero-order valence-electron chi connectivity index (χ0n) is 9.71. The van der Waals surface area contributed by atoms with Crippen molar-refractivity contribution in [3.05, 3.63) is 35.1 Å². The van der Waals surface area contributed by atoms with Crippen LogP contribution in [-0.2, 0) is 6.54 Å². The van der Waals surface area contributed by atoms with Crippen molar-refractivity contribution in [3.8, 4) is 0 Å². The average molecular weight is 270 g/mol. The molecule has 1 aliphatic rings. The highest BCUT2D eigenvalue weighted by atomic mass is 32.1. The lowest BCUT2D eigenvalue weighted by atomic mass is 10.1. The van der Waals surface area contributed by atoms with E-state index in [1.807, 2.05) is 4.90 Å². The Bertz CT molecular complexity index is 459. The van der Waals surface area contributed by atoms with E-state index in [2.05, 4.69) is 0 Å². The lowest BCUT2D eigenvalue weighted by Crippen LogP contribution is -2.22. The molecule has 1 aliphatic heterocycles. The summed E-state index contributed by atoms with van der Waals surface area (Å²) in [5.74, 6) is -0.437. The summed E-state index contributed by atoms with van der Waals surface area (Å²) in [5.41, 5.74) is 6.51. The fraction of sp³-hybridized carbons (Fsp3) is 0.417. The third kappa shape index (κ3) is 2.84. The van der Waals surface area contributed by atoms with Crippen molar-refractivity contribution in [3.63, 3.8) is 0 Å². The number of thiocarbonyl (C=S) groups is 1. The molecule has 0 aromatic heterocycles. The second-order valence-electron chi connectivity index (χ2n) is 4.51. The van der Waals surface area contributed by atoms with Crippen LogP contribution in [0.25, 0.3) is 0 Å². The van der Waals surface area contributed by atoms with Crippen LogP contribution in [0.2, 0.25) is 0 Å². The molecule has 0 radical (unpaired) electrons. The van der Waals surface area contributed by atoms with Gasteiger partial charge in [-0.1, -0.05) is 18.3 Å². The lowest BCUT2D eigenvalue weighted by Gasteiger charge is -2.15. The minimum absolute atomic E-state index is 0.0239. The van der Waals surface area contributed by atoms with Gasteiger partial charge in [-0.25, -0.2) is 4.39 Å². The topological polar surface area (TPSA) is 69.7 Å². The summed E-state index contributed by atoms with van der Waals surface area (Å²) in [6.45, 7) is 1.33.